The zero-order valence-corrected chi connectivity index (χ0v) is 34.3. The van der Waals surface area contributed by atoms with Gasteiger partial charge in [-0.3, -0.25) is 19.4 Å². The number of amides is 2. The molecule has 2 saturated heterocycles. The van der Waals surface area contributed by atoms with Crippen molar-refractivity contribution >= 4 is 11.8 Å². The Morgan fingerprint density at radius 3 is 1.46 bits per heavy atom. The second-order valence-corrected chi connectivity index (χ2v) is 15.7. The number of hydrogen-bond acceptors (Lipinski definition) is 6. The van der Waals surface area contributed by atoms with Crippen molar-refractivity contribution in [2.75, 3.05) is 13.1 Å². The smallest absolute Gasteiger partial charge is 0.248 e. The number of ether oxygens (including phenoxy) is 2. The fourth-order valence-electron chi connectivity index (χ4n) is 8.22. The molecule has 4 N–H and O–H groups in total. The number of nitrogens with zero attached hydrogens (tertiary/aromatic N) is 2. The van der Waals surface area contributed by atoms with Gasteiger partial charge in [-0.25, -0.2) is 13.2 Å². The van der Waals surface area contributed by atoms with E-state index < -0.39 is 23.4 Å². The third kappa shape index (κ3) is 11.0. The summed E-state index contributed by atoms with van der Waals surface area (Å²) in [7, 11) is 0. The van der Waals surface area contributed by atoms with E-state index in [2.05, 4.69) is 41.8 Å². The number of benzene rings is 6. The number of likely N-dealkylation sites (tertiary alicyclic amines) is 2. The van der Waals surface area contributed by atoms with E-state index in [1.54, 1.807) is 24.3 Å². The monoisotopic (exact) mass is 826 g/mol. The van der Waals surface area contributed by atoms with Crippen LogP contribution in [-0.2, 0) is 13.1 Å². The number of hydrogen-bond donors (Lipinski definition) is 2. The molecule has 0 bridgehead atoms. The fourth-order valence-corrected chi connectivity index (χ4v) is 8.22. The van der Waals surface area contributed by atoms with Gasteiger partial charge in [0.05, 0.1) is 0 Å². The SMILES string of the molecule is Cc1cc(C)cc([C@@H]2CCCN2Cc2ccc(Oc3ccc(C(N)=O)cc3F)cc2)c1.NC(=O)c1ccc(Oc2ccc(CN3CCC[C@H]3c3cccc(F)c3)cc2)c(F)c1. The Bertz CT molecular complexity index is 2480. The van der Waals surface area contributed by atoms with Gasteiger partial charge in [-0.2, -0.15) is 0 Å². The van der Waals surface area contributed by atoms with Crippen LogP contribution < -0.4 is 20.9 Å². The average molecular weight is 827 g/mol. The molecule has 0 spiro atoms. The molecule has 8 rings (SSSR count). The lowest BCUT2D eigenvalue weighted by atomic mass is 9.99. The average Bonchev–Trinajstić information content (AvgIpc) is 3.90. The van der Waals surface area contributed by atoms with E-state index in [4.69, 9.17) is 20.9 Å². The largest absolute Gasteiger partial charge is 0.454 e. The van der Waals surface area contributed by atoms with Gasteiger partial charge in [-0.1, -0.05) is 65.7 Å². The van der Waals surface area contributed by atoms with Crippen molar-refractivity contribution in [1.29, 1.82) is 0 Å². The van der Waals surface area contributed by atoms with Gasteiger partial charge in [-0.15, -0.1) is 0 Å². The van der Waals surface area contributed by atoms with Gasteiger partial charge in [0.2, 0.25) is 11.8 Å². The van der Waals surface area contributed by atoms with Crippen molar-refractivity contribution < 1.29 is 32.2 Å². The highest BCUT2D eigenvalue weighted by molar-refractivity contribution is 5.93. The summed E-state index contributed by atoms with van der Waals surface area (Å²) >= 11 is 0. The minimum absolute atomic E-state index is 0.0264. The molecule has 2 atom stereocenters. The summed E-state index contributed by atoms with van der Waals surface area (Å²) in [5, 5.41) is 0. The molecule has 0 radical (unpaired) electrons. The van der Waals surface area contributed by atoms with Crippen molar-refractivity contribution in [3.63, 3.8) is 0 Å². The summed E-state index contributed by atoms with van der Waals surface area (Å²) in [5.74, 6) is -1.71. The van der Waals surface area contributed by atoms with Gasteiger partial charge < -0.3 is 20.9 Å². The Kier molecular flexibility index (Phi) is 13.5. The third-order valence-corrected chi connectivity index (χ3v) is 11.1. The molecule has 0 saturated carbocycles. The summed E-state index contributed by atoms with van der Waals surface area (Å²) in [4.78, 5) is 27.1. The van der Waals surface area contributed by atoms with Crippen LogP contribution in [0.3, 0.4) is 0 Å². The zero-order valence-electron chi connectivity index (χ0n) is 34.3. The Morgan fingerprint density at radius 2 is 1.03 bits per heavy atom. The Balaban J connectivity index is 0.000000184. The van der Waals surface area contributed by atoms with Crippen LogP contribution in [0.5, 0.6) is 23.0 Å². The lowest BCUT2D eigenvalue weighted by Gasteiger charge is -2.25. The molecule has 0 unspecified atom stereocenters. The van der Waals surface area contributed by atoms with Gasteiger partial charge >= 0.3 is 0 Å². The number of primary amides is 2. The molecule has 6 aromatic rings. The standard InChI is InChI=1S/C26H27FN2O2.C24H22F2N2O2/c1-17-12-18(2)14-21(13-17)24-4-3-11-29(24)16-19-5-8-22(9-6-19)31-25-10-7-20(26(28)30)15-23(25)27;25-19-4-1-3-17(13-19)22-5-2-12-28(22)15-16-6-9-20(10-7-16)30-23-11-8-18(24(27)29)14-21(23)26/h5-10,12-15,24H,3-4,11,16H2,1-2H3,(H2,28,30);1,3-4,6-11,13-14,22H,2,5,12,15H2,(H2,27,29)/t24-;22-/m00/s1. The maximum atomic E-state index is 14.2. The second-order valence-electron chi connectivity index (χ2n) is 15.7. The molecule has 2 heterocycles. The van der Waals surface area contributed by atoms with Crippen LogP contribution in [0.2, 0.25) is 0 Å². The molecule has 314 valence electrons. The minimum Gasteiger partial charge on any atom is -0.454 e. The number of halogens is 3. The van der Waals surface area contributed by atoms with Gasteiger partial charge in [-0.05, 0) is 148 Å². The van der Waals surface area contributed by atoms with Gasteiger partial charge in [0, 0.05) is 36.3 Å². The van der Waals surface area contributed by atoms with E-state index in [1.807, 2.05) is 42.5 Å². The molecular weight excluding hydrogens is 778 g/mol. The predicted octanol–water partition coefficient (Wildman–Crippen LogP) is 10.9. The summed E-state index contributed by atoms with van der Waals surface area (Å²) in [6.45, 7) is 7.94. The molecule has 8 nitrogen and oxygen atoms in total. The highest BCUT2D eigenvalue weighted by Gasteiger charge is 2.27. The molecule has 2 amide bonds. The van der Waals surface area contributed by atoms with Gasteiger partial charge in [0.1, 0.15) is 17.3 Å². The summed E-state index contributed by atoms with van der Waals surface area (Å²) in [5.41, 5.74) is 17.8. The minimum atomic E-state index is -0.691. The number of aryl methyl sites for hydroxylation is 2. The molecule has 6 aromatic carbocycles. The quantitative estimate of drug-likeness (QED) is 0.127. The van der Waals surface area contributed by atoms with Crippen LogP contribution >= 0.6 is 0 Å². The normalized spacial score (nSPS) is 16.5. The van der Waals surface area contributed by atoms with E-state index in [-0.39, 0.29) is 34.5 Å². The van der Waals surface area contributed by atoms with E-state index in [1.165, 1.54) is 65.4 Å². The maximum absolute atomic E-state index is 14.2. The summed E-state index contributed by atoms with van der Waals surface area (Å²) < 4.78 is 53.1. The lowest BCUT2D eigenvalue weighted by molar-refractivity contribution is 0.0991. The van der Waals surface area contributed by atoms with Crippen LogP contribution in [0.4, 0.5) is 13.2 Å². The van der Waals surface area contributed by atoms with Crippen molar-refractivity contribution in [2.24, 2.45) is 11.5 Å². The third-order valence-electron chi connectivity index (χ3n) is 11.1. The number of carbonyl (C=O) groups excluding carboxylic acids is 2. The predicted molar refractivity (Wildman–Crippen MR) is 230 cm³/mol. The van der Waals surface area contributed by atoms with Crippen molar-refractivity contribution in [2.45, 2.75) is 64.7 Å². The van der Waals surface area contributed by atoms with Crippen LogP contribution in [0.1, 0.15) is 91.9 Å². The first-order valence-electron chi connectivity index (χ1n) is 20.4. The van der Waals surface area contributed by atoms with Crippen LogP contribution in [0.15, 0.2) is 127 Å². The lowest BCUT2D eigenvalue weighted by Crippen LogP contribution is -2.22. The van der Waals surface area contributed by atoms with Crippen molar-refractivity contribution in [1.82, 2.24) is 9.80 Å². The van der Waals surface area contributed by atoms with E-state index in [0.717, 1.165) is 62.3 Å². The first kappa shape index (κ1) is 42.7. The highest BCUT2D eigenvalue weighted by atomic mass is 19.1. The van der Waals surface area contributed by atoms with Gasteiger partial charge in [0.25, 0.3) is 0 Å². The number of nitrogens with two attached hydrogens (primary N) is 2. The maximum Gasteiger partial charge on any atom is 0.248 e. The second kappa shape index (κ2) is 19.3. The highest BCUT2D eigenvalue weighted by Crippen LogP contribution is 2.36. The molecular formula is C50H49F3N4O4. The molecule has 2 aliphatic rings. The fraction of sp³-hybridized carbons (Fsp3) is 0.240. The van der Waals surface area contributed by atoms with E-state index in [0.29, 0.717) is 17.5 Å². The first-order chi connectivity index (χ1) is 29.4. The summed E-state index contributed by atoms with van der Waals surface area (Å²) in [6.07, 6.45) is 4.44. The molecule has 0 aromatic heterocycles. The molecule has 0 aliphatic carbocycles. The molecule has 2 aliphatic heterocycles. The summed E-state index contributed by atoms with van der Waals surface area (Å²) in [6, 6.07) is 37.2. The number of rotatable bonds is 12. The number of carbonyl (C=O) groups is 2. The topological polar surface area (TPSA) is 111 Å². The molecule has 61 heavy (non-hydrogen) atoms. The van der Waals surface area contributed by atoms with Crippen LogP contribution in [0.25, 0.3) is 0 Å². The van der Waals surface area contributed by atoms with E-state index >= 15 is 0 Å². The Morgan fingerprint density at radius 1 is 0.574 bits per heavy atom. The van der Waals surface area contributed by atoms with Crippen molar-refractivity contribution in [3.05, 3.63) is 189 Å². The van der Waals surface area contributed by atoms with Crippen molar-refractivity contribution in [3.8, 4) is 23.0 Å². The van der Waals surface area contributed by atoms with Crippen LogP contribution in [-0.4, -0.2) is 34.7 Å². The van der Waals surface area contributed by atoms with E-state index in [9.17, 15) is 22.8 Å². The Labute approximate surface area is 354 Å². The zero-order chi connectivity index (χ0) is 43.0. The van der Waals surface area contributed by atoms with Crippen LogP contribution in [0, 0.1) is 31.3 Å². The molecule has 2 fully saturated rings. The Hall–Kier alpha value is -6.43. The van der Waals surface area contributed by atoms with Gasteiger partial charge in [0.15, 0.2) is 23.1 Å². The molecule has 11 heteroatoms. The first-order valence-corrected chi connectivity index (χ1v) is 20.4.